The number of unbranched alkanes of at least 4 members (excludes halogenated alkanes) is 3. The van der Waals surface area contributed by atoms with Crippen LogP contribution in [0.1, 0.15) is 32.6 Å². The predicted molar refractivity (Wildman–Crippen MR) is 81.4 cm³/mol. The van der Waals surface area contributed by atoms with Crippen molar-refractivity contribution in [3.05, 3.63) is 18.2 Å². The van der Waals surface area contributed by atoms with Gasteiger partial charge in [-0.15, -0.1) is 0 Å². The van der Waals surface area contributed by atoms with E-state index in [1.807, 2.05) is 0 Å². The zero-order valence-electron chi connectivity index (χ0n) is 12.4. The lowest BCUT2D eigenvalue weighted by atomic mass is 10.2. The normalized spacial score (nSPS) is 11.8. The van der Waals surface area contributed by atoms with Gasteiger partial charge in [-0.1, -0.05) is 32.3 Å². The van der Waals surface area contributed by atoms with E-state index in [0.29, 0.717) is 12.4 Å². The van der Waals surface area contributed by atoms with Crippen LogP contribution in [0.2, 0.25) is 0 Å². The quantitative estimate of drug-likeness (QED) is 0.591. The van der Waals surface area contributed by atoms with Crippen molar-refractivity contribution < 1.29 is 13.2 Å². The Labute approximate surface area is 121 Å². The summed E-state index contributed by atoms with van der Waals surface area (Å²) in [5.41, 5.74) is 6.09. The number of nitrogens with zero attached hydrogens (tertiary/aromatic N) is 1. The fraction of sp³-hybridized carbons (Fsp3) is 0.571. The molecule has 6 heteroatoms. The maximum atomic E-state index is 12.1. The molecule has 0 aliphatic carbocycles. The Balaban J connectivity index is 2.81. The molecule has 0 saturated carbocycles. The second-order valence-electron chi connectivity index (χ2n) is 4.86. The first kappa shape index (κ1) is 16.8. The Kier molecular flexibility index (Phi) is 6.29. The third kappa shape index (κ3) is 4.11. The standard InChI is InChI=1S/C14H24N2O3S/c1-4-5-6-7-11-19-12-9-8-10-13(14(12)15)20(17,18)16(2)3/h8-10H,4-7,11,15H2,1-3H3. The molecule has 20 heavy (non-hydrogen) atoms. The molecule has 1 aromatic carbocycles. The highest BCUT2D eigenvalue weighted by Crippen LogP contribution is 2.30. The molecule has 5 nitrogen and oxygen atoms in total. The van der Waals surface area contributed by atoms with E-state index in [2.05, 4.69) is 6.92 Å². The van der Waals surface area contributed by atoms with Crippen molar-refractivity contribution in [3.63, 3.8) is 0 Å². The van der Waals surface area contributed by atoms with Gasteiger partial charge >= 0.3 is 0 Å². The lowest BCUT2D eigenvalue weighted by molar-refractivity contribution is 0.306. The SMILES string of the molecule is CCCCCCOc1cccc(S(=O)(=O)N(C)C)c1N. The number of nitrogens with two attached hydrogens (primary N) is 1. The number of rotatable bonds is 8. The lowest BCUT2D eigenvalue weighted by Crippen LogP contribution is -2.23. The van der Waals surface area contributed by atoms with Crippen LogP contribution in [0.15, 0.2) is 23.1 Å². The van der Waals surface area contributed by atoms with E-state index >= 15 is 0 Å². The number of para-hydroxylation sites is 1. The highest BCUT2D eigenvalue weighted by atomic mass is 32.2. The summed E-state index contributed by atoms with van der Waals surface area (Å²) in [5, 5.41) is 0. The third-order valence-corrected chi connectivity index (χ3v) is 4.91. The average Bonchev–Trinajstić information content (AvgIpc) is 2.39. The molecule has 1 aromatic rings. The second-order valence-corrected chi connectivity index (χ2v) is 6.98. The van der Waals surface area contributed by atoms with Crippen LogP contribution in [0.5, 0.6) is 5.75 Å². The highest BCUT2D eigenvalue weighted by molar-refractivity contribution is 7.89. The fourth-order valence-electron chi connectivity index (χ4n) is 1.78. The number of nitrogen functional groups attached to an aromatic ring is 1. The Morgan fingerprint density at radius 2 is 1.90 bits per heavy atom. The topological polar surface area (TPSA) is 72.6 Å². The van der Waals surface area contributed by atoms with Gasteiger partial charge in [-0.3, -0.25) is 0 Å². The fourth-order valence-corrected chi connectivity index (χ4v) is 2.80. The first-order chi connectivity index (χ1) is 9.41. The van der Waals surface area contributed by atoms with Gasteiger partial charge in [0.2, 0.25) is 10.0 Å². The molecular formula is C14H24N2O3S. The van der Waals surface area contributed by atoms with Gasteiger partial charge in [0.05, 0.1) is 12.3 Å². The summed E-state index contributed by atoms with van der Waals surface area (Å²) in [6, 6.07) is 4.84. The van der Waals surface area contributed by atoms with Crippen LogP contribution in [0.4, 0.5) is 5.69 Å². The Bertz CT molecular complexity index is 527. The number of hydrogen-bond acceptors (Lipinski definition) is 4. The molecule has 0 heterocycles. The smallest absolute Gasteiger partial charge is 0.244 e. The number of benzene rings is 1. The Hall–Kier alpha value is -1.27. The summed E-state index contributed by atoms with van der Waals surface area (Å²) >= 11 is 0. The van der Waals surface area contributed by atoms with Crippen LogP contribution in [-0.2, 0) is 10.0 Å². The summed E-state index contributed by atoms with van der Waals surface area (Å²) in [4.78, 5) is 0.0913. The minimum Gasteiger partial charge on any atom is -0.491 e. The van der Waals surface area contributed by atoms with Crippen LogP contribution >= 0.6 is 0 Å². The van der Waals surface area contributed by atoms with E-state index in [0.717, 1.165) is 17.1 Å². The minimum absolute atomic E-state index is 0.0913. The van der Waals surface area contributed by atoms with Crippen molar-refractivity contribution in [2.75, 3.05) is 26.4 Å². The number of hydrogen-bond donors (Lipinski definition) is 1. The van der Waals surface area contributed by atoms with Gasteiger partial charge in [0.15, 0.2) is 0 Å². The third-order valence-electron chi connectivity index (χ3n) is 3.04. The number of ether oxygens (including phenoxy) is 1. The molecule has 2 N–H and O–H groups in total. The molecule has 0 aliphatic rings. The second kappa shape index (κ2) is 7.50. The van der Waals surface area contributed by atoms with Gasteiger partial charge in [-0.25, -0.2) is 12.7 Å². The summed E-state index contributed by atoms with van der Waals surface area (Å²) in [6.07, 6.45) is 4.39. The molecular weight excluding hydrogens is 276 g/mol. The molecule has 0 fully saturated rings. The largest absolute Gasteiger partial charge is 0.491 e. The van der Waals surface area contributed by atoms with Gasteiger partial charge in [0, 0.05) is 14.1 Å². The van der Waals surface area contributed by atoms with Gasteiger partial charge in [-0.05, 0) is 18.6 Å². The number of sulfonamides is 1. The molecule has 0 saturated heterocycles. The van der Waals surface area contributed by atoms with E-state index in [-0.39, 0.29) is 10.6 Å². The summed E-state index contributed by atoms with van der Waals surface area (Å²) in [5.74, 6) is 0.435. The molecule has 0 radical (unpaired) electrons. The van der Waals surface area contributed by atoms with Gasteiger partial charge in [0.1, 0.15) is 10.6 Å². The monoisotopic (exact) mass is 300 g/mol. The maximum absolute atomic E-state index is 12.1. The van der Waals surface area contributed by atoms with Crippen LogP contribution in [0, 0.1) is 0 Å². The van der Waals surface area contributed by atoms with E-state index < -0.39 is 10.0 Å². The molecule has 0 amide bonds. The molecule has 0 spiro atoms. The van der Waals surface area contributed by atoms with Crippen molar-refractivity contribution >= 4 is 15.7 Å². The maximum Gasteiger partial charge on any atom is 0.244 e. The molecule has 114 valence electrons. The number of anilines is 1. The molecule has 0 aromatic heterocycles. The minimum atomic E-state index is -3.54. The highest BCUT2D eigenvalue weighted by Gasteiger charge is 2.22. The van der Waals surface area contributed by atoms with Crippen molar-refractivity contribution in [3.8, 4) is 5.75 Å². The van der Waals surface area contributed by atoms with Crippen molar-refractivity contribution in [2.24, 2.45) is 0 Å². The van der Waals surface area contributed by atoms with Crippen molar-refractivity contribution in [1.82, 2.24) is 4.31 Å². The van der Waals surface area contributed by atoms with Crippen LogP contribution in [0.3, 0.4) is 0 Å². The summed E-state index contributed by atoms with van der Waals surface area (Å²) < 4.78 is 31.0. The van der Waals surface area contributed by atoms with Crippen molar-refractivity contribution in [2.45, 2.75) is 37.5 Å². The summed E-state index contributed by atoms with van der Waals surface area (Å²) in [6.45, 7) is 2.70. The van der Waals surface area contributed by atoms with Gasteiger partial charge in [-0.2, -0.15) is 0 Å². The Morgan fingerprint density at radius 3 is 2.50 bits per heavy atom. The van der Waals surface area contributed by atoms with Crippen LogP contribution in [0.25, 0.3) is 0 Å². The van der Waals surface area contributed by atoms with Gasteiger partial charge < -0.3 is 10.5 Å². The van der Waals surface area contributed by atoms with E-state index in [9.17, 15) is 8.42 Å². The molecule has 0 bridgehead atoms. The molecule has 0 unspecified atom stereocenters. The molecule has 0 aliphatic heterocycles. The zero-order chi connectivity index (χ0) is 15.2. The first-order valence-electron chi connectivity index (χ1n) is 6.85. The predicted octanol–water partition coefficient (Wildman–Crippen LogP) is 2.48. The Morgan fingerprint density at radius 1 is 1.20 bits per heavy atom. The molecule has 0 atom stereocenters. The summed E-state index contributed by atoms with van der Waals surface area (Å²) in [7, 11) is -0.583. The van der Waals surface area contributed by atoms with Crippen molar-refractivity contribution in [1.29, 1.82) is 0 Å². The zero-order valence-corrected chi connectivity index (χ0v) is 13.2. The van der Waals surface area contributed by atoms with Crippen LogP contribution < -0.4 is 10.5 Å². The van der Waals surface area contributed by atoms with Gasteiger partial charge in [0.25, 0.3) is 0 Å². The molecule has 1 rings (SSSR count). The van der Waals surface area contributed by atoms with E-state index in [4.69, 9.17) is 10.5 Å². The average molecular weight is 300 g/mol. The van der Waals surface area contributed by atoms with E-state index in [1.165, 1.54) is 33.0 Å². The lowest BCUT2D eigenvalue weighted by Gasteiger charge is -2.16. The van der Waals surface area contributed by atoms with Crippen LogP contribution in [-0.4, -0.2) is 33.4 Å². The first-order valence-corrected chi connectivity index (χ1v) is 8.29. The van der Waals surface area contributed by atoms with E-state index in [1.54, 1.807) is 12.1 Å².